The second-order valence-electron chi connectivity index (χ2n) is 7.94. The number of rotatable bonds is 11. The highest BCUT2D eigenvalue weighted by Crippen LogP contribution is 2.34. The zero-order chi connectivity index (χ0) is 23.5. The first-order valence-corrected chi connectivity index (χ1v) is 11.7. The molecule has 0 saturated carbocycles. The summed E-state index contributed by atoms with van der Waals surface area (Å²) in [6, 6.07) is 23.7. The van der Waals surface area contributed by atoms with Crippen LogP contribution in [-0.4, -0.2) is 13.2 Å². The third kappa shape index (κ3) is 6.15. The van der Waals surface area contributed by atoms with E-state index < -0.39 is 0 Å². The Morgan fingerprint density at radius 3 is 1.39 bits per heavy atom. The minimum atomic E-state index is 0.384. The largest absolute Gasteiger partial charge is 0.494 e. The van der Waals surface area contributed by atoms with Gasteiger partial charge in [-0.25, -0.2) is 0 Å². The molecule has 4 nitrogen and oxygen atoms in total. The highest BCUT2D eigenvalue weighted by atomic mass is 16.5. The Bertz CT molecular complexity index is 1120. The van der Waals surface area contributed by atoms with E-state index in [2.05, 4.69) is 26.0 Å². The minimum absolute atomic E-state index is 0.384. The number of benzene rings is 3. The fourth-order valence-electron chi connectivity index (χ4n) is 3.65. The molecule has 0 N–H and O–H groups in total. The van der Waals surface area contributed by atoms with Crippen molar-refractivity contribution in [2.45, 2.75) is 46.0 Å². The summed E-state index contributed by atoms with van der Waals surface area (Å²) in [5.74, 6) is 1.62. The Morgan fingerprint density at radius 2 is 1.00 bits per heavy atom. The lowest BCUT2D eigenvalue weighted by Crippen LogP contribution is -1.97. The average molecular weight is 439 g/mol. The summed E-state index contributed by atoms with van der Waals surface area (Å²) in [5.41, 5.74) is 4.02. The Hall–Kier alpha value is -3.76. The van der Waals surface area contributed by atoms with Gasteiger partial charge in [-0.3, -0.25) is 0 Å². The van der Waals surface area contributed by atoms with Crippen molar-refractivity contribution in [1.82, 2.24) is 0 Å². The molecule has 0 heterocycles. The molecule has 33 heavy (non-hydrogen) atoms. The quantitative estimate of drug-likeness (QED) is 0.290. The lowest BCUT2D eigenvalue weighted by atomic mass is 9.90. The molecule has 0 saturated heterocycles. The van der Waals surface area contributed by atoms with Crippen LogP contribution in [0.1, 0.15) is 57.1 Å². The van der Waals surface area contributed by atoms with E-state index >= 15 is 0 Å². The number of hydrogen-bond acceptors (Lipinski definition) is 4. The Labute approximate surface area is 197 Å². The molecular weight excluding hydrogens is 408 g/mol. The minimum Gasteiger partial charge on any atom is -0.494 e. The van der Waals surface area contributed by atoms with Gasteiger partial charge in [0.2, 0.25) is 0 Å². The number of unbranched alkanes of at least 4 members (excludes halogenated alkanes) is 3. The van der Waals surface area contributed by atoms with Gasteiger partial charge in [0.1, 0.15) is 23.6 Å². The number of nitrogens with zero attached hydrogens (tertiary/aromatic N) is 2. The van der Waals surface area contributed by atoms with Gasteiger partial charge in [-0.1, -0.05) is 69.5 Å². The van der Waals surface area contributed by atoms with E-state index in [-0.39, 0.29) is 0 Å². The molecule has 4 heteroatoms. The molecule has 0 fully saturated rings. The summed E-state index contributed by atoms with van der Waals surface area (Å²) in [6.45, 7) is 5.69. The fraction of sp³-hybridized carbons (Fsp3) is 0.310. The van der Waals surface area contributed by atoms with E-state index in [0.29, 0.717) is 24.3 Å². The monoisotopic (exact) mass is 438 g/mol. The van der Waals surface area contributed by atoms with Gasteiger partial charge in [0, 0.05) is 11.1 Å². The van der Waals surface area contributed by atoms with Gasteiger partial charge >= 0.3 is 0 Å². The first-order chi connectivity index (χ1) is 16.2. The highest BCUT2D eigenvalue weighted by Gasteiger charge is 2.16. The van der Waals surface area contributed by atoms with Crippen molar-refractivity contribution in [3.05, 3.63) is 71.8 Å². The van der Waals surface area contributed by atoms with Crippen LogP contribution in [0, 0.1) is 22.7 Å². The molecule has 0 aliphatic heterocycles. The van der Waals surface area contributed by atoms with Crippen molar-refractivity contribution in [3.63, 3.8) is 0 Å². The van der Waals surface area contributed by atoms with Crippen molar-refractivity contribution < 1.29 is 9.47 Å². The molecule has 0 aliphatic rings. The molecule has 0 atom stereocenters. The zero-order valence-corrected chi connectivity index (χ0v) is 19.4. The molecule has 0 spiro atoms. The predicted octanol–water partition coefficient (Wildman–Crippen LogP) is 7.51. The van der Waals surface area contributed by atoms with Crippen LogP contribution in [0.2, 0.25) is 0 Å². The summed E-state index contributed by atoms with van der Waals surface area (Å²) in [4.78, 5) is 0. The van der Waals surface area contributed by atoms with E-state index in [1.165, 1.54) is 0 Å². The van der Waals surface area contributed by atoms with Crippen LogP contribution in [-0.2, 0) is 0 Å². The van der Waals surface area contributed by atoms with Crippen molar-refractivity contribution in [2.75, 3.05) is 13.2 Å². The van der Waals surface area contributed by atoms with Gasteiger partial charge in [-0.15, -0.1) is 0 Å². The molecule has 3 aromatic carbocycles. The first-order valence-electron chi connectivity index (χ1n) is 11.7. The standard InChI is InChI=1S/C29H30N2O2/c1-3-5-7-19-33-25-14-10-23(11-15-25)27-17-16-26(28(20-30)29(27)21-31)22-8-12-24(13-9-22)32-18-6-4-2/h8-17H,3-7,18-19H2,1-2H3. The average Bonchev–Trinajstić information content (AvgIpc) is 2.86. The molecule has 0 aliphatic carbocycles. The highest BCUT2D eigenvalue weighted by molar-refractivity contribution is 5.82. The zero-order valence-electron chi connectivity index (χ0n) is 19.4. The van der Waals surface area contributed by atoms with Gasteiger partial charge in [0.05, 0.1) is 24.3 Å². The molecule has 3 rings (SSSR count). The summed E-state index contributed by atoms with van der Waals surface area (Å²) >= 11 is 0. The van der Waals surface area contributed by atoms with Crippen molar-refractivity contribution in [2.24, 2.45) is 0 Å². The summed E-state index contributed by atoms with van der Waals surface area (Å²) in [6.07, 6.45) is 5.45. The smallest absolute Gasteiger partial charge is 0.119 e. The van der Waals surface area contributed by atoms with Gasteiger partial charge in [-0.05, 0) is 48.2 Å². The maximum absolute atomic E-state index is 9.90. The fourth-order valence-corrected chi connectivity index (χ4v) is 3.65. The van der Waals surface area contributed by atoms with Crippen LogP contribution in [0.4, 0.5) is 0 Å². The van der Waals surface area contributed by atoms with E-state index in [0.717, 1.165) is 65.9 Å². The molecule has 3 aromatic rings. The summed E-state index contributed by atoms with van der Waals surface area (Å²) in [7, 11) is 0. The van der Waals surface area contributed by atoms with E-state index in [9.17, 15) is 10.5 Å². The van der Waals surface area contributed by atoms with Crippen LogP contribution >= 0.6 is 0 Å². The Kier molecular flexibility index (Phi) is 8.92. The van der Waals surface area contributed by atoms with Crippen LogP contribution in [0.15, 0.2) is 60.7 Å². The predicted molar refractivity (Wildman–Crippen MR) is 132 cm³/mol. The Morgan fingerprint density at radius 1 is 0.576 bits per heavy atom. The van der Waals surface area contributed by atoms with E-state index in [1.807, 2.05) is 60.7 Å². The molecular formula is C29H30N2O2. The summed E-state index contributed by atoms with van der Waals surface area (Å²) < 4.78 is 11.5. The van der Waals surface area contributed by atoms with Crippen molar-refractivity contribution in [3.8, 4) is 45.9 Å². The van der Waals surface area contributed by atoms with Crippen LogP contribution in [0.5, 0.6) is 11.5 Å². The number of nitriles is 2. The van der Waals surface area contributed by atoms with E-state index in [4.69, 9.17) is 9.47 Å². The number of hydrogen-bond donors (Lipinski definition) is 0. The summed E-state index contributed by atoms with van der Waals surface area (Å²) in [5, 5.41) is 19.8. The van der Waals surface area contributed by atoms with Crippen molar-refractivity contribution in [1.29, 1.82) is 10.5 Å². The van der Waals surface area contributed by atoms with Gasteiger partial charge < -0.3 is 9.47 Å². The molecule has 0 bridgehead atoms. The third-order valence-corrected chi connectivity index (χ3v) is 5.54. The second-order valence-corrected chi connectivity index (χ2v) is 7.94. The van der Waals surface area contributed by atoms with Crippen LogP contribution in [0.3, 0.4) is 0 Å². The normalized spacial score (nSPS) is 10.3. The van der Waals surface area contributed by atoms with Crippen molar-refractivity contribution >= 4 is 0 Å². The third-order valence-electron chi connectivity index (χ3n) is 5.54. The van der Waals surface area contributed by atoms with Gasteiger partial charge in [0.15, 0.2) is 0 Å². The van der Waals surface area contributed by atoms with Gasteiger partial charge in [0.25, 0.3) is 0 Å². The van der Waals surface area contributed by atoms with Crippen LogP contribution < -0.4 is 9.47 Å². The SMILES string of the molecule is CCCCCOc1ccc(-c2ccc(-c3ccc(OCCCC)cc3)c(C#N)c2C#N)cc1. The molecule has 0 unspecified atom stereocenters. The second kappa shape index (κ2) is 12.3. The lowest BCUT2D eigenvalue weighted by molar-refractivity contribution is 0.306. The maximum atomic E-state index is 9.90. The van der Waals surface area contributed by atoms with Crippen LogP contribution in [0.25, 0.3) is 22.3 Å². The van der Waals surface area contributed by atoms with Gasteiger partial charge in [-0.2, -0.15) is 10.5 Å². The lowest BCUT2D eigenvalue weighted by Gasteiger charge is -2.12. The first kappa shape index (κ1) is 23.9. The molecule has 0 aromatic heterocycles. The van der Waals surface area contributed by atoms with E-state index in [1.54, 1.807) is 0 Å². The topological polar surface area (TPSA) is 66.0 Å². The molecule has 168 valence electrons. The molecule has 0 amide bonds. The molecule has 0 radical (unpaired) electrons. The maximum Gasteiger partial charge on any atom is 0.119 e. The Balaban J connectivity index is 1.85. The number of ether oxygens (including phenoxy) is 2.